The van der Waals surface area contributed by atoms with Crippen molar-refractivity contribution in [3.63, 3.8) is 0 Å². The highest BCUT2D eigenvalue weighted by atomic mass is 79.9. The van der Waals surface area contributed by atoms with Crippen LogP contribution in [0.15, 0.2) is 16.7 Å². The largest absolute Gasteiger partial charge is 0.354 e. The van der Waals surface area contributed by atoms with E-state index in [4.69, 9.17) is 11.6 Å². The van der Waals surface area contributed by atoms with Crippen LogP contribution in [0, 0.1) is 0 Å². The van der Waals surface area contributed by atoms with E-state index >= 15 is 0 Å². The summed E-state index contributed by atoms with van der Waals surface area (Å²) in [6, 6.07) is 1.61. The number of nitrogens with zero attached hydrogens (tertiary/aromatic N) is 2. The first-order valence-corrected chi connectivity index (χ1v) is 6.62. The van der Waals surface area contributed by atoms with Crippen molar-refractivity contribution < 1.29 is 9.59 Å². The Bertz CT molecular complexity index is 495. The van der Waals surface area contributed by atoms with Gasteiger partial charge in [-0.15, -0.1) is 0 Å². The van der Waals surface area contributed by atoms with Crippen LogP contribution in [0.1, 0.15) is 16.8 Å². The lowest BCUT2D eigenvalue weighted by molar-refractivity contribution is -0.121. The maximum absolute atomic E-state index is 12.3. The predicted molar refractivity (Wildman–Crippen MR) is 70.5 cm³/mol. The third-order valence-electron chi connectivity index (χ3n) is 2.58. The van der Waals surface area contributed by atoms with Gasteiger partial charge in [-0.1, -0.05) is 11.6 Å². The summed E-state index contributed by atoms with van der Waals surface area (Å²) >= 11 is 9.15. The Hall–Kier alpha value is -1.14. The van der Waals surface area contributed by atoms with Crippen LogP contribution >= 0.6 is 27.5 Å². The average Bonchev–Trinajstić information content (AvgIpc) is 2.56. The lowest BCUT2D eigenvalue weighted by Gasteiger charge is -2.19. The second-order valence-corrected chi connectivity index (χ2v) is 5.20. The fraction of sp³-hybridized carbons (Fsp3) is 0.364. The quantitative estimate of drug-likeness (QED) is 0.792. The van der Waals surface area contributed by atoms with E-state index in [2.05, 4.69) is 26.2 Å². The van der Waals surface area contributed by atoms with Gasteiger partial charge in [-0.25, -0.2) is 4.98 Å². The van der Waals surface area contributed by atoms with Gasteiger partial charge in [0.1, 0.15) is 5.15 Å². The summed E-state index contributed by atoms with van der Waals surface area (Å²) in [6.07, 6.45) is 2.25. The summed E-state index contributed by atoms with van der Waals surface area (Å²) in [6.45, 7) is 1.18. The molecule has 2 rings (SSSR count). The third-order valence-corrected chi connectivity index (χ3v) is 3.32. The minimum Gasteiger partial charge on any atom is -0.354 e. The maximum atomic E-state index is 12.3. The van der Waals surface area contributed by atoms with E-state index in [0.717, 1.165) is 6.42 Å². The molecular weight excluding hydrogens is 321 g/mol. The molecule has 0 radical (unpaired) electrons. The molecule has 1 fully saturated rings. The Balaban J connectivity index is 2.24. The Morgan fingerprint density at radius 1 is 1.56 bits per heavy atom. The maximum Gasteiger partial charge on any atom is 0.257 e. The zero-order valence-corrected chi connectivity index (χ0v) is 11.8. The molecule has 18 heavy (non-hydrogen) atoms. The van der Waals surface area contributed by atoms with Crippen LogP contribution in [-0.4, -0.2) is 41.3 Å². The normalized spacial score (nSPS) is 16.1. The topological polar surface area (TPSA) is 62.3 Å². The second kappa shape index (κ2) is 5.67. The van der Waals surface area contributed by atoms with E-state index in [9.17, 15) is 9.59 Å². The first kappa shape index (κ1) is 13.3. The number of carbonyl (C=O) groups excluding carboxylic acids is 2. The van der Waals surface area contributed by atoms with Crippen molar-refractivity contribution in [3.8, 4) is 0 Å². The zero-order valence-electron chi connectivity index (χ0n) is 9.45. The predicted octanol–water partition coefficient (Wildman–Crippen LogP) is 1.46. The van der Waals surface area contributed by atoms with Crippen LogP contribution in [0.2, 0.25) is 5.15 Å². The molecule has 0 aromatic carbocycles. The van der Waals surface area contributed by atoms with E-state index in [0.29, 0.717) is 23.1 Å². The summed E-state index contributed by atoms with van der Waals surface area (Å²) in [5.74, 6) is -0.425. The molecule has 1 N–H and O–H groups in total. The van der Waals surface area contributed by atoms with Crippen molar-refractivity contribution >= 4 is 39.3 Å². The number of nitrogens with one attached hydrogen (secondary N) is 1. The highest BCUT2D eigenvalue weighted by Gasteiger charge is 2.23. The van der Waals surface area contributed by atoms with Crippen molar-refractivity contribution in [1.29, 1.82) is 0 Å². The van der Waals surface area contributed by atoms with Gasteiger partial charge in [0.15, 0.2) is 0 Å². The molecule has 1 aliphatic rings. The Morgan fingerprint density at radius 2 is 2.33 bits per heavy atom. The van der Waals surface area contributed by atoms with Crippen molar-refractivity contribution in [1.82, 2.24) is 15.2 Å². The van der Waals surface area contributed by atoms with E-state index in [-0.39, 0.29) is 23.5 Å². The second-order valence-electron chi connectivity index (χ2n) is 3.92. The highest BCUT2D eigenvalue weighted by molar-refractivity contribution is 9.10. The number of halogens is 2. The van der Waals surface area contributed by atoms with Gasteiger partial charge >= 0.3 is 0 Å². The minimum atomic E-state index is -0.272. The molecule has 1 aromatic heterocycles. The van der Waals surface area contributed by atoms with Crippen molar-refractivity contribution in [2.45, 2.75) is 6.42 Å². The van der Waals surface area contributed by atoms with Gasteiger partial charge in [-0.05, 0) is 28.4 Å². The summed E-state index contributed by atoms with van der Waals surface area (Å²) in [7, 11) is 0. The fourth-order valence-corrected chi connectivity index (χ4v) is 2.24. The van der Waals surface area contributed by atoms with Gasteiger partial charge in [-0.2, -0.15) is 0 Å². The number of carbonyl (C=O) groups is 2. The number of pyridine rings is 1. The van der Waals surface area contributed by atoms with E-state index in [1.807, 2.05) is 0 Å². The fourth-order valence-electron chi connectivity index (χ4n) is 1.72. The molecule has 0 atom stereocenters. The molecule has 0 saturated carbocycles. The molecule has 96 valence electrons. The summed E-state index contributed by atoms with van der Waals surface area (Å²) in [4.78, 5) is 29.1. The molecule has 0 unspecified atom stereocenters. The van der Waals surface area contributed by atoms with Gasteiger partial charge in [0.2, 0.25) is 5.91 Å². The van der Waals surface area contributed by atoms with E-state index in [1.165, 1.54) is 11.1 Å². The number of aromatic nitrogens is 1. The molecule has 0 spiro atoms. The molecule has 1 saturated heterocycles. The molecule has 0 bridgehead atoms. The summed E-state index contributed by atoms with van der Waals surface area (Å²) in [5.41, 5.74) is 0.306. The van der Waals surface area contributed by atoms with Crippen molar-refractivity contribution in [2.75, 3.05) is 19.6 Å². The van der Waals surface area contributed by atoms with Crippen LogP contribution in [-0.2, 0) is 4.79 Å². The van der Waals surface area contributed by atoms with Crippen LogP contribution in [0.4, 0.5) is 0 Å². The lowest BCUT2D eigenvalue weighted by atomic mass is 10.2. The van der Waals surface area contributed by atoms with Crippen LogP contribution in [0.5, 0.6) is 0 Å². The summed E-state index contributed by atoms with van der Waals surface area (Å²) < 4.78 is 0.675. The van der Waals surface area contributed by atoms with Gasteiger partial charge in [0.05, 0.1) is 12.1 Å². The standard InChI is InChI=1S/C11H11BrClN3O2/c12-7-4-8(10(13)15-5-7)11(18)16-3-1-2-14-9(17)6-16/h4-5H,1-3,6H2,(H,14,17). The van der Waals surface area contributed by atoms with Crippen molar-refractivity contribution in [2.24, 2.45) is 0 Å². The Morgan fingerprint density at radius 3 is 3.11 bits per heavy atom. The summed E-state index contributed by atoms with van der Waals surface area (Å²) in [5, 5.41) is 2.86. The molecular formula is C11H11BrClN3O2. The SMILES string of the molecule is O=C1CN(C(=O)c2cc(Br)cnc2Cl)CCCN1. The lowest BCUT2D eigenvalue weighted by Crippen LogP contribution is -2.37. The first-order chi connectivity index (χ1) is 8.58. The molecule has 5 nitrogen and oxygen atoms in total. The number of amides is 2. The monoisotopic (exact) mass is 331 g/mol. The first-order valence-electron chi connectivity index (χ1n) is 5.45. The van der Waals surface area contributed by atoms with Crippen molar-refractivity contribution in [3.05, 3.63) is 27.5 Å². The smallest absolute Gasteiger partial charge is 0.257 e. The number of hydrogen-bond donors (Lipinski definition) is 1. The van der Waals surface area contributed by atoms with E-state index < -0.39 is 0 Å². The Kier molecular flexibility index (Phi) is 4.19. The van der Waals surface area contributed by atoms with E-state index in [1.54, 1.807) is 6.07 Å². The van der Waals surface area contributed by atoms with Crippen LogP contribution in [0.3, 0.4) is 0 Å². The van der Waals surface area contributed by atoms with Gasteiger partial charge in [0.25, 0.3) is 5.91 Å². The molecule has 2 amide bonds. The number of rotatable bonds is 1. The highest BCUT2D eigenvalue weighted by Crippen LogP contribution is 2.20. The van der Waals surface area contributed by atoms with Gasteiger partial charge in [0, 0.05) is 23.8 Å². The third kappa shape index (κ3) is 3.00. The molecule has 0 aliphatic carbocycles. The minimum absolute atomic E-state index is 0.0572. The molecule has 2 heterocycles. The van der Waals surface area contributed by atoms with Gasteiger partial charge in [-0.3, -0.25) is 9.59 Å². The molecule has 7 heteroatoms. The van der Waals surface area contributed by atoms with Gasteiger partial charge < -0.3 is 10.2 Å². The average molecular weight is 333 g/mol. The molecule has 1 aliphatic heterocycles. The van der Waals surface area contributed by atoms with Crippen LogP contribution in [0.25, 0.3) is 0 Å². The number of hydrogen-bond acceptors (Lipinski definition) is 3. The zero-order chi connectivity index (χ0) is 13.1. The molecule has 1 aromatic rings. The van der Waals surface area contributed by atoms with Crippen LogP contribution < -0.4 is 5.32 Å². The Labute approximate surface area is 118 Å².